The first-order valence-electron chi connectivity index (χ1n) is 9.30. The summed E-state index contributed by atoms with van der Waals surface area (Å²) in [6, 6.07) is 1.31. The monoisotopic (exact) mass is 424 g/mol. The Labute approximate surface area is 168 Å². The van der Waals surface area contributed by atoms with Crippen LogP contribution in [0.15, 0.2) is 35.5 Å². The number of hydrogen-bond donors (Lipinski definition) is 2. The van der Waals surface area contributed by atoms with Crippen molar-refractivity contribution in [2.24, 2.45) is 5.92 Å². The normalized spacial score (nSPS) is 15.7. The second-order valence-corrected chi connectivity index (χ2v) is 7.14. The van der Waals surface area contributed by atoms with Crippen LogP contribution in [0.4, 0.5) is 19.0 Å². The number of alkyl halides is 3. The summed E-state index contributed by atoms with van der Waals surface area (Å²) in [7, 11) is 0. The number of anilines is 1. The number of hydrogen-bond acceptors (Lipinski definition) is 5. The third kappa shape index (κ3) is 5.02. The molecule has 0 saturated heterocycles. The number of aromatic carboxylic acids is 1. The fourth-order valence-corrected chi connectivity index (χ4v) is 3.52. The summed E-state index contributed by atoms with van der Waals surface area (Å²) in [4.78, 5) is 43.0. The lowest BCUT2D eigenvalue weighted by molar-refractivity contribution is -0.142. The van der Waals surface area contributed by atoms with Crippen LogP contribution >= 0.6 is 0 Å². The van der Waals surface area contributed by atoms with Crippen molar-refractivity contribution in [3.63, 3.8) is 0 Å². The zero-order valence-electron chi connectivity index (χ0n) is 15.7. The first-order valence-corrected chi connectivity index (χ1v) is 9.30. The highest BCUT2D eigenvalue weighted by Gasteiger charge is 2.35. The maximum atomic E-state index is 13.1. The minimum Gasteiger partial charge on any atom is -0.478 e. The number of nitrogens with zero attached hydrogens (tertiary/aromatic N) is 3. The van der Waals surface area contributed by atoms with Gasteiger partial charge in [0.2, 0.25) is 5.91 Å². The Morgan fingerprint density at radius 1 is 1.20 bits per heavy atom. The highest BCUT2D eigenvalue weighted by molar-refractivity contribution is 5.93. The standard InChI is InChI=1S/C19H19F3N4O4/c20-19(21,22)14-10-26(16(27)9-23-14)13(7-11-3-1-2-4-11)17(28)25-15-6-5-12(8-24-15)18(29)30/h5-6,8-11,13H,1-4,7H2,(H,29,30)(H,24,25,28)/t13-/m0/s1. The Balaban J connectivity index is 1.91. The molecule has 1 atom stereocenters. The molecule has 1 amide bonds. The van der Waals surface area contributed by atoms with Crippen LogP contribution in [0.5, 0.6) is 0 Å². The van der Waals surface area contributed by atoms with Gasteiger partial charge in [-0.1, -0.05) is 25.7 Å². The maximum Gasteiger partial charge on any atom is 0.434 e. The number of nitrogens with one attached hydrogen (secondary N) is 1. The minimum absolute atomic E-state index is 0.0274. The highest BCUT2D eigenvalue weighted by Crippen LogP contribution is 2.33. The van der Waals surface area contributed by atoms with Crippen LogP contribution in [-0.4, -0.2) is 31.5 Å². The number of carboxylic acids is 1. The molecule has 1 aliphatic carbocycles. The number of halogens is 3. The molecule has 1 saturated carbocycles. The fourth-order valence-electron chi connectivity index (χ4n) is 3.52. The Kier molecular flexibility index (Phi) is 6.18. The molecular weight excluding hydrogens is 405 g/mol. The Morgan fingerprint density at radius 3 is 2.47 bits per heavy atom. The molecule has 2 aromatic rings. The lowest BCUT2D eigenvalue weighted by Gasteiger charge is -2.23. The number of aromatic nitrogens is 3. The van der Waals surface area contributed by atoms with E-state index in [-0.39, 0.29) is 23.7 Å². The van der Waals surface area contributed by atoms with E-state index in [1.165, 1.54) is 12.1 Å². The largest absolute Gasteiger partial charge is 0.478 e. The molecule has 30 heavy (non-hydrogen) atoms. The molecular formula is C19H19F3N4O4. The topological polar surface area (TPSA) is 114 Å². The van der Waals surface area contributed by atoms with Crippen LogP contribution in [0.1, 0.15) is 54.2 Å². The first kappa shape index (κ1) is 21.5. The third-order valence-electron chi connectivity index (χ3n) is 5.05. The third-order valence-corrected chi connectivity index (χ3v) is 5.05. The molecule has 2 heterocycles. The van der Waals surface area contributed by atoms with Gasteiger partial charge < -0.3 is 10.4 Å². The van der Waals surface area contributed by atoms with Crippen LogP contribution in [0.3, 0.4) is 0 Å². The van der Waals surface area contributed by atoms with Crippen molar-refractivity contribution >= 4 is 17.7 Å². The zero-order valence-corrected chi connectivity index (χ0v) is 15.7. The van der Waals surface area contributed by atoms with E-state index in [0.717, 1.165) is 36.4 Å². The molecule has 2 N–H and O–H groups in total. The molecule has 0 unspecified atom stereocenters. The van der Waals surface area contributed by atoms with Crippen LogP contribution < -0.4 is 10.9 Å². The number of rotatable bonds is 6. The van der Waals surface area contributed by atoms with Crippen LogP contribution in [0.25, 0.3) is 0 Å². The van der Waals surface area contributed by atoms with Crippen LogP contribution in [0.2, 0.25) is 0 Å². The van der Waals surface area contributed by atoms with E-state index in [1.807, 2.05) is 0 Å². The van der Waals surface area contributed by atoms with Gasteiger partial charge in [0.25, 0.3) is 5.56 Å². The summed E-state index contributed by atoms with van der Waals surface area (Å²) in [5.41, 5.74) is -2.18. The smallest absolute Gasteiger partial charge is 0.434 e. The lowest BCUT2D eigenvalue weighted by atomic mass is 9.97. The molecule has 160 valence electrons. The van der Waals surface area contributed by atoms with Crippen molar-refractivity contribution in [2.45, 2.75) is 44.3 Å². The van der Waals surface area contributed by atoms with Gasteiger partial charge in [-0.3, -0.25) is 14.2 Å². The number of carbonyl (C=O) groups is 2. The molecule has 0 aromatic carbocycles. The summed E-state index contributed by atoms with van der Waals surface area (Å²) in [5.74, 6) is -1.78. The van der Waals surface area contributed by atoms with E-state index < -0.39 is 35.3 Å². The Bertz CT molecular complexity index is 983. The van der Waals surface area contributed by atoms with Gasteiger partial charge in [-0.25, -0.2) is 14.8 Å². The first-order chi connectivity index (χ1) is 14.1. The van der Waals surface area contributed by atoms with Gasteiger partial charge in [0.1, 0.15) is 11.9 Å². The molecule has 8 nitrogen and oxygen atoms in total. The van der Waals surface area contributed by atoms with E-state index in [0.29, 0.717) is 12.4 Å². The summed E-state index contributed by atoms with van der Waals surface area (Å²) < 4.78 is 40.0. The second-order valence-electron chi connectivity index (χ2n) is 7.14. The van der Waals surface area contributed by atoms with E-state index in [9.17, 15) is 27.6 Å². The van der Waals surface area contributed by atoms with Crippen LogP contribution in [0, 0.1) is 5.92 Å². The summed E-state index contributed by atoms with van der Waals surface area (Å²) in [6.07, 6.45) is 1.14. The van der Waals surface area contributed by atoms with Crippen molar-refractivity contribution in [1.82, 2.24) is 14.5 Å². The summed E-state index contributed by atoms with van der Waals surface area (Å²) in [5, 5.41) is 11.4. The molecule has 1 fully saturated rings. The van der Waals surface area contributed by atoms with Crippen molar-refractivity contribution in [2.75, 3.05) is 5.32 Å². The summed E-state index contributed by atoms with van der Waals surface area (Å²) >= 11 is 0. The van der Waals surface area contributed by atoms with Crippen molar-refractivity contribution in [3.8, 4) is 0 Å². The maximum absolute atomic E-state index is 13.1. The van der Waals surface area contributed by atoms with E-state index in [2.05, 4.69) is 15.3 Å². The number of carboxylic acid groups (broad SMARTS) is 1. The Morgan fingerprint density at radius 2 is 1.90 bits per heavy atom. The van der Waals surface area contributed by atoms with Gasteiger partial charge in [0.05, 0.1) is 11.8 Å². The molecule has 0 radical (unpaired) electrons. The van der Waals surface area contributed by atoms with E-state index in [4.69, 9.17) is 5.11 Å². The Hall–Kier alpha value is -3.24. The van der Waals surface area contributed by atoms with Crippen molar-refractivity contribution in [3.05, 3.63) is 52.3 Å². The average Bonchev–Trinajstić information content (AvgIpc) is 3.19. The predicted molar refractivity (Wildman–Crippen MR) is 98.9 cm³/mol. The lowest BCUT2D eigenvalue weighted by Crippen LogP contribution is -2.35. The molecule has 0 bridgehead atoms. The van der Waals surface area contributed by atoms with Gasteiger partial charge in [-0.15, -0.1) is 0 Å². The summed E-state index contributed by atoms with van der Waals surface area (Å²) in [6.45, 7) is 0. The van der Waals surface area contributed by atoms with Crippen LogP contribution in [-0.2, 0) is 11.0 Å². The van der Waals surface area contributed by atoms with Gasteiger partial charge in [0.15, 0.2) is 5.69 Å². The van der Waals surface area contributed by atoms with E-state index in [1.54, 1.807) is 0 Å². The molecule has 0 spiro atoms. The minimum atomic E-state index is -4.77. The predicted octanol–water partition coefficient (Wildman–Crippen LogP) is 3.12. The number of carbonyl (C=O) groups excluding carboxylic acids is 1. The fraction of sp³-hybridized carbons (Fsp3) is 0.421. The molecule has 11 heteroatoms. The number of amides is 1. The van der Waals surface area contributed by atoms with Gasteiger partial charge >= 0.3 is 12.1 Å². The second kappa shape index (κ2) is 8.64. The molecule has 3 rings (SSSR count). The van der Waals surface area contributed by atoms with Gasteiger partial charge in [0, 0.05) is 12.4 Å². The quantitative estimate of drug-likeness (QED) is 0.737. The SMILES string of the molecule is O=C(O)c1ccc(NC(=O)[C@H](CC2CCCC2)n2cc(C(F)(F)F)ncc2=O)nc1. The molecule has 0 aliphatic heterocycles. The van der Waals surface area contributed by atoms with Crippen molar-refractivity contribution in [1.29, 1.82) is 0 Å². The van der Waals surface area contributed by atoms with Gasteiger partial charge in [-0.05, 0) is 24.5 Å². The zero-order chi connectivity index (χ0) is 21.9. The highest BCUT2D eigenvalue weighted by atomic mass is 19.4. The van der Waals surface area contributed by atoms with Gasteiger partial charge in [-0.2, -0.15) is 13.2 Å². The number of pyridine rings is 1. The molecule has 2 aromatic heterocycles. The molecule has 1 aliphatic rings. The van der Waals surface area contributed by atoms with E-state index >= 15 is 0 Å². The average molecular weight is 424 g/mol. The van der Waals surface area contributed by atoms with Crippen molar-refractivity contribution < 1.29 is 27.9 Å².